The van der Waals surface area contributed by atoms with Gasteiger partial charge in [-0.05, 0) is 36.4 Å². The van der Waals surface area contributed by atoms with Crippen LogP contribution in [0.15, 0.2) is 66.3 Å². The van der Waals surface area contributed by atoms with Crippen LogP contribution in [0, 0.1) is 5.82 Å². The van der Waals surface area contributed by atoms with E-state index in [9.17, 15) is 4.39 Å². The van der Waals surface area contributed by atoms with Crippen molar-refractivity contribution in [1.82, 2.24) is 14.8 Å². The number of benzene rings is 2. The quantitative estimate of drug-likeness (QED) is 0.437. The molecule has 0 spiro atoms. The van der Waals surface area contributed by atoms with Gasteiger partial charge in [-0.3, -0.25) is 4.57 Å². The Morgan fingerprint density at radius 1 is 1.12 bits per heavy atom. The van der Waals surface area contributed by atoms with Gasteiger partial charge in [0.2, 0.25) is 0 Å². The molecular formula is C19H18FN3O2S. The summed E-state index contributed by atoms with van der Waals surface area (Å²) in [5.74, 6) is 2.21. The fourth-order valence-electron chi connectivity index (χ4n) is 2.32. The van der Waals surface area contributed by atoms with Gasteiger partial charge in [0.05, 0.1) is 12.8 Å². The Morgan fingerprint density at radius 3 is 2.54 bits per heavy atom. The smallest absolute Gasteiger partial charge is 0.196 e. The first kappa shape index (κ1) is 18.0. The molecule has 0 aliphatic heterocycles. The topological polar surface area (TPSA) is 49.2 Å². The Balaban J connectivity index is 1.87. The number of methoxy groups -OCH3 is 1. The Morgan fingerprint density at radius 2 is 1.85 bits per heavy atom. The van der Waals surface area contributed by atoms with E-state index < -0.39 is 0 Å². The van der Waals surface area contributed by atoms with Crippen molar-refractivity contribution in [2.75, 3.05) is 12.9 Å². The first-order chi connectivity index (χ1) is 12.7. The van der Waals surface area contributed by atoms with Crippen LogP contribution in [0.4, 0.5) is 4.39 Å². The maximum atomic E-state index is 14.3. The number of hydrogen-bond acceptors (Lipinski definition) is 5. The molecule has 0 radical (unpaired) electrons. The minimum Gasteiger partial charge on any atom is -0.497 e. The summed E-state index contributed by atoms with van der Waals surface area (Å²) in [6.07, 6.45) is 1.76. The van der Waals surface area contributed by atoms with E-state index >= 15 is 0 Å². The molecule has 2 aromatic carbocycles. The number of hydrogen-bond donors (Lipinski definition) is 0. The fraction of sp³-hybridized carbons (Fsp3) is 0.158. The van der Waals surface area contributed by atoms with Crippen LogP contribution >= 0.6 is 11.8 Å². The molecule has 0 bridgehead atoms. The first-order valence-corrected chi connectivity index (χ1v) is 8.91. The van der Waals surface area contributed by atoms with Crippen LogP contribution in [0.2, 0.25) is 0 Å². The van der Waals surface area contributed by atoms with Gasteiger partial charge in [0.25, 0.3) is 0 Å². The van der Waals surface area contributed by atoms with Crippen molar-refractivity contribution < 1.29 is 13.9 Å². The van der Waals surface area contributed by atoms with Crippen LogP contribution in [-0.4, -0.2) is 27.6 Å². The Bertz CT molecular complexity index is 881. The standard InChI is InChI=1S/C19H18FN3O2S/c1-3-12-26-19-22-21-18(23(19)17-7-5-4-6-16(17)20)13-25-15-10-8-14(24-2)9-11-15/h3-11H,1,12-13H2,2H3. The molecule has 7 heteroatoms. The van der Waals surface area contributed by atoms with Gasteiger partial charge < -0.3 is 9.47 Å². The zero-order valence-corrected chi connectivity index (χ0v) is 15.1. The second-order valence-corrected chi connectivity index (χ2v) is 6.24. The fourth-order valence-corrected chi connectivity index (χ4v) is 3.01. The summed E-state index contributed by atoms with van der Waals surface area (Å²) in [5.41, 5.74) is 0.386. The van der Waals surface area contributed by atoms with Crippen LogP contribution in [0.25, 0.3) is 5.69 Å². The molecule has 5 nitrogen and oxygen atoms in total. The lowest BCUT2D eigenvalue weighted by Crippen LogP contribution is -2.08. The molecule has 0 aliphatic carbocycles. The van der Waals surface area contributed by atoms with Gasteiger partial charge in [-0.2, -0.15) is 0 Å². The van der Waals surface area contributed by atoms with Gasteiger partial charge in [0.15, 0.2) is 11.0 Å². The predicted molar refractivity (Wildman–Crippen MR) is 99.6 cm³/mol. The van der Waals surface area contributed by atoms with Crippen molar-refractivity contribution in [2.45, 2.75) is 11.8 Å². The average Bonchev–Trinajstić information content (AvgIpc) is 3.08. The van der Waals surface area contributed by atoms with Crippen molar-refractivity contribution in [3.63, 3.8) is 0 Å². The number of rotatable bonds is 8. The monoisotopic (exact) mass is 371 g/mol. The zero-order chi connectivity index (χ0) is 18.4. The highest BCUT2D eigenvalue weighted by Gasteiger charge is 2.17. The van der Waals surface area contributed by atoms with E-state index in [1.54, 1.807) is 48.1 Å². The van der Waals surface area contributed by atoms with Gasteiger partial charge in [-0.25, -0.2) is 4.39 Å². The third-order valence-electron chi connectivity index (χ3n) is 3.55. The molecule has 0 fully saturated rings. The molecule has 0 unspecified atom stereocenters. The molecule has 0 amide bonds. The van der Waals surface area contributed by atoms with Crippen molar-refractivity contribution in [3.05, 3.63) is 72.8 Å². The summed E-state index contributed by atoms with van der Waals surface area (Å²) in [7, 11) is 1.61. The van der Waals surface area contributed by atoms with E-state index in [0.29, 0.717) is 28.2 Å². The maximum Gasteiger partial charge on any atom is 0.196 e. The molecule has 1 aromatic heterocycles. The van der Waals surface area contributed by atoms with E-state index in [-0.39, 0.29) is 12.4 Å². The molecule has 0 N–H and O–H groups in total. The number of nitrogens with zero attached hydrogens (tertiary/aromatic N) is 3. The maximum absolute atomic E-state index is 14.3. The zero-order valence-electron chi connectivity index (χ0n) is 14.3. The van der Waals surface area contributed by atoms with Gasteiger partial charge >= 0.3 is 0 Å². The second-order valence-electron chi connectivity index (χ2n) is 5.25. The van der Waals surface area contributed by atoms with E-state index in [1.807, 2.05) is 12.1 Å². The summed E-state index contributed by atoms with van der Waals surface area (Å²) in [5, 5.41) is 8.94. The van der Waals surface area contributed by atoms with Gasteiger partial charge in [0.1, 0.15) is 23.9 Å². The normalized spacial score (nSPS) is 10.5. The second kappa shape index (κ2) is 8.53. The van der Waals surface area contributed by atoms with Gasteiger partial charge in [0, 0.05) is 5.75 Å². The number of halogens is 1. The highest BCUT2D eigenvalue weighted by atomic mass is 32.2. The number of aromatic nitrogens is 3. The molecule has 0 saturated heterocycles. The highest BCUT2D eigenvalue weighted by Crippen LogP contribution is 2.25. The van der Waals surface area contributed by atoms with Crippen LogP contribution in [-0.2, 0) is 6.61 Å². The third kappa shape index (κ3) is 4.05. The van der Waals surface area contributed by atoms with Gasteiger partial charge in [-0.15, -0.1) is 16.8 Å². The molecule has 1 heterocycles. The van der Waals surface area contributed by atoms with Crippen LogP contribution in [0.1, 0.15) is 5.82 Å². The van der Waals surface area contributed by atoms with E-state index in [0.717, 1.165) is 5.75 Å². The molecule has 0 saturated carbocycles. The minimum absolute atomic E-state index is 0.155. The lowest BCUT2D eigenvalue weighted by Gasteiger charge is -2.11. The summed E-state index contributed by atoms with van der Waals surface area (Å²) in [6, 6.07) is 13.7. The minimum atomic E-state index is -0.349. The molecule has 0 aliphatic rings. The lowest BCUT2D eigenvalue weighted by atomic mass is 10.3. The van der Waals surface area contributed by atoms with E-state index in [1.165, 1.54) is 17.8 Å². The number of thioether (sulfide) groups is 1. The van der Waals surface area contributed by atoms with E-state index in [4.69, 9.17) is 9.47 Å². The van der Waals surface area contributed by atoms with Crippen molar-refractivity contribution in [2.24, 2.45) is 0 Å². The van der Waals surface area contributed by atoms with Crippen molar-refractivity contribution in [3.8, 4) is 17.2 Å². The van der Waals surface area contributed by atoms with Crippen molar-refractivity contribution >= 4 is 11.8 Å². The van der Waals surface area contributed by atoms with Crippen LogP contribution in [0.5, 0.6) is 11.5 Å². The largest absolute Gasteiger partial charge is 0.497 e. The molecular weight excluding hydrogens is 353 g/mol. The summed E-state index contributed by atoms with van der Waals surface area (Å²) >= 11 is 1.43. The van der Waals surface area contributed by atoms with Crippen LogP contribution < -0.4 is 9.47 Å². The summed E-state index contributed by atoms with van der Waals surface area (Å²) in [6.45, 7) is 3.86. The molecule has 3 rings (SSSR count). The third-order valence-corrected chi connectivity index (χ3v) is 4.48. The Labute approximate surface area is 155 Å². The number of para-hydroxylation sites is 1. The van der Waals surface area contributed by atoms with E-state index in [2.05, 4.69) is 16.8 Å². The molecule has 0 atom stereocenters. The summed E-state index contributed by atoms with van der Waals surface area (Å²) in [4.78, 5) is 0. The highest BCUT2D eigenvalue weighted by molar-refractivity contribution is 7.99. The molecule has 134 valence electrons. The predicted octanol–water partition coefficient (Wildman–Crippen LogP) is 4.27. The Kier molecular flexibility index (Phi) is 5.91. The van der Waals surface area contributed by atoms with Gasteiger partial charge in [-0.1, -0.05) is 30.0 Å². The Hall–Kier alpha value is -2.80. The van der Waals surface area contributed by atoms with Crippen molar-refractivity contribution in [1.29, 1.82) is 0 Å². The first-order valence-electron chi connectivity index (χ1n) is 7.92. The average molecular weight is 371 g/mol. The number of ether oxygens (including phenoxy) is 2. The summed E-state index contributed by atoms with van der Waals surface area (Å²) < 4.78 is 26.9. The van der Waals surface area contributed by atoms with Crippen LogP contribution in [0.3, 0.4) is 0 Å². The molecule has 3 aromatic rings. The molecule has 26 heavy (non-hydrogen) atoms. The lowest BCUT2D eigenvalue weighted by molar-refractivity contribution is 0.292. The SMILES string of the molecule is C=CCSc1nnc(COc2ccc(OC)cc2)n1-c1ccccc1F.